The van der Waals surface area contributed by atoms with E-state index in [-0.39, 0.29) is 17.9 Å². The fraction of sp³-hybridized carbons (Fsp3) is 0.524. The van der Waals surface area contributed by atoms with Crippen LogP contribution in [0.4, 0.5) is 5.95 Å². The van der Waals surface area contributed by atoms with Crippen LogP contribution >= 0.6 is 0 Å². The number of piperazine rings is 2. The minimum Gasteiger partial charge on any atom is -0.456 e. The molecular formula is C21H28N6O3. The van der Waals surface area contributed by atoms with Gasteiger partial charge in [0.15, 0.2) is 5.76 Å². The maximum absolute atomic E-state index is 13.0. The lowest BCUT2D eigenvalue weighted by molar-refractivity contribution is -0.137. The van der Waals surface area contributed by atoms with E-state index in [1.807, 2.05) is 18.7 Å². The Balaban J connectivity index is 1.26. The first-order chi connectivity index (χ1) is 14.5. The summed E-state index contributed by atoms with van der Waals surface area (Å²) in [5.41, 5.74) is 0. The zero-order chi connectivity index (χ0) is 21.1. The van der Waals surface area contributed by atoms with E-state index < -0.39 is 0 Å². The molecule has 2 aliphatic rings. The summed E-state index contributed by atoms with van der Waals surface area (Å²) in [6.45, 7) is 9.12. The molecule has 4 heterocycles. The Labute approximate surface area is 176 Å². The van der Waals surface area contributed by atoms with Crippen LogP contribution in [-0.2, 0) is 4.79 Å². The summed E-state index contributed by atoms with van der Waals surface area (Å²) in [5, 5.41) is 0. The molecule has 0 saturated carbocycles. The van der Waals surface area contributed by atoms with Gasteiger partial charge in [0.1, 0.15) is 5.76 Å². The number of amides is 2. The molecule has 2 amide bonds. The maximum atomic E-state index is 13.0. The van der Waals surface area contributed by atoms with Crippen molar-refractivity contribution in [1.29, 1.82) is 0 Å². The molecule has 9 nitrogen and oxygen atoms in total. The molecule has 160 valence electrons. The van der Waals surface area contributed by atoms with E-state index >= 15 is 0 Å². The third-order valence-corrected chi connectivity index (χ3v) is 5.88. The summed E-state index contributed by atoms with van der Waals surface area (Å²) in [6.07, 6.45) is 3.47. The van der Waals surface area contributed by atoms with Gasteiger partial charge in [-0.25, -0.2) is 9.97 Å². The Morgan fingerprint density at radius 1 is 0.933 bits per heavy atom. The van der Waals surface area contributed by atoms with Gasteiger partial charge in [0.2, 0.25) is 11.9 Å². The summed E-state index contributed by atoms with van der Waals surface area (Å²) in [7, 11) is 0. The number of aromatic nitrogens is 2. The van der Waals surface area contributed by atoms with Gasteiger partial charge < -0.3 is 19.1 Å². The average molecular weight is 412 g/mol. The molecule has 1 unspecified atom stereocenters. The monoisotopic (exact) mass is 412 g/mol. The lowest BCUT2D eigenvalue weighted by Gasteiger charge is -2.40. The predicted octanol–water partition coefficient (Wildman–Crippen LogP) is 0.873. The molecule has 9 heteroatoms. The lowest BCUT2D eigenvalue weighted by atomic mass is 10.1. The van der Waals surface area contributed by atoms with Crippen LogP contribution in [-0.4, -0.2) is 94.9 Å². The van der Waals surface area contributed by atoms with E-state index in [4.69, 9.17) is 4.42 Å². The fourth-order valence-corrected chi connectivity index (χ4v) is 4.02. The van der Waals surface area contributed by atoms with Gasteiger partial charge in [-0.05, 0) is 32.0 Å². The highest BCUT2D eigenvalue weighted by molar-refractivity contribution is 5.91. The normalized spacial score (nSPS) is 19.1. The molecule has 2 fully saturated rings. The molecule has 1 atom stereocenters. The average Bonchev–Trinajstić information content (AvgIpc) is 3.24. The number of carbonyl (C=O) groups excluding carboxylic acids is 2. The molecule has 0 radical (unpaired) electrons. The van der Waals surface area contributed by atoms with Crippen molar-refractivity contribution in [2.45, 2.75) is 19.9 Å². The summed E-state index contributed by atoms with van der Waals surface area (Å²) in [5.74, 6) is 1.89. The fourth-order valence-electron chi connectivity index (χ4n) is 4.02. The molecule has 4 rings (SSSR count). The third kappa shape index (κ3) is 4.30. The van der Waals surface area contributed by atoms with Crippen molar-refractivity contribution >= 4 is 17.8 Å². The molecule has 0 aliphatic carbocycles. The van der Waals surface area contributed by atoms with Gasteiger partial charge in [0, 0.05) is 64.8 Å². The molecule has 2 aromatic heterocycles. The SMILES string of the molecule is Cc1ccc(C(=O)N2CCN(C(C)C(=O)N3CCN(c4ncccn4)CC3)CC2)o1. The van der Waals surface area contributed by atoms with Gasteiger partial charge in [-0.3, -0.25) is 14.5 Å². The van der Waals surface area contributed by atoms with E-state index in [1.165, 1.54) is 0 Å². The van der Waals surface area contributed by atoms with E-state index in [1.54, 1.807) is 35.5 Å². The molecule has 2 aromatic rings. The Morgan fingerprint density at radius 3 is 2.17 bits per heavy atom. The first-order valence-electron chi connectivity index (χ1n) is 10.4. The predicted molar refractivity (Wildman–Crippen MR) is 111 cm³/mol. The molecule has 0 bridgehead atoms. The van der Waals surface area contributed by atoms with Gasteiger partial charge in [0.05, 0.1) is 6.04 Å². The van der Waals surface area contributed by atoms with E-state index in [0.717, 1.165) is 18.8 Å². The van der Waals surface area contributed by atoms with Gasteiger partial charge in [-0.15, -0.1) is 0 Å². The van der Waals surface area contributed by atoms with Crippen molar-refractivity contribution in [2.24, 2.45) is 0 Å². The summed E-state index contributed by atoms with van der Waals surface area (Å²) in [6, 6.07) is 5.12. The van der Waals surface area contributed by atoms with Crippen LogP contribution < -0.4 is 4.90 Å². The molecule has 30 heavy (non-hydrogen) atoms. The standard InChI is InChI=1S/C21H28N6O3/c1-16-4-5-18(30-16)20(29)26-10-8-24(9-11-26)17(2)19(28)25-12-14-27(15-13-25)21-22-6-3-7-23-21/h3-7,17H,8-15H2,1-2H3. The molecule has 0 N–H and O–H groups in total. The molecule has 2 saturated heterocycles. The van der Waals surface area contributed by atoms with Gasteiger partial charge >= 0.3 is 0 Å². The van der Waals surface area contributed by atoms with Crippen molar-refractivity contribution in [3.63, 3.8) is 0 Å². The molecule has 0 aromatic carbocycles. The second-order valence-electron chi connectivity index (χ2n) is 7.78. The highest BCUT2D eigenvalue weighted by Gasteiger charge is 2.32. The first kappa shape index (κ1) is 20.3. The number of hydrogen-bond donors (Lipinski definition) is 0. The van der Waals surface area contributed by atoms with Crippen molar-refractivity contribution < 1.29 is 14.0 Å². The Bertz CT molecular complexity index is 870. The zero-order valence-corrected chi connectivity index (χ0v) is 17.5. The van der Waals surface area contributed by atoms with Crippen molar-refractivity contribution in [3.05, 3.63) is 42.1 Å². The van der Waals surface area contributed by atoms with Crippen LogP contribution in [0.3, 0.4) is 0 Å². The minimum atomic E-state index is -0.201. The number of aryl methyl sites for hydroxylation is 1. The summed E-state index contributed by atoms with van der Waals surface area (Å²) in [4.78, 5) is 42.1. The largest absolute Gasteiger partial charge is 0.456 e. The van der Waals surface area contributed by atoms with E-state index in [0.29, 0.717) is 51.0 Å². The number of anilines is 1. The van der Waals surface area contributed by atoms with Crippen LogP contribution in [0.5, 0.6) is 0 Å². The third-order valence-electron chi connectivity index (χ3n) is 5.88. The minimum absolute atomic E-state index is 0.0824. The molecule has 0 spiro atoms. The van der Waals surface area contributed by atoms with Crippen molar-refractivity contribution in [3.8, 4) is 0 Å². The Hall–Kier alpha value is -2.94. The second kappa shape index (κ2) is 8.83. The summed E-state index contributed by atoms with van der Waals surface area (Å²) >= 11 is 0. The number of furan rings is 1. The molecule has 2 aliphatic heterocycles. The van der Waals surface area contributed by atoms with E-state index in [2.05, 4.69) is 19.8 Å². The number of nitrogens with zero attached hydrogens (tertiary/aromatic N) is 6. The number of hydrogen-bond acceptors (Lipinski definition) is 7. The van der Waals surface area contributed by atoms with Gasteiger partial charge in [-0.2, -0.15) is 0 Å². The first-order valence-corrected chi connectivity index (χ1v) is 10.4. The van der Waals surface area contributed by atoms with Crippen LogP contribution in [0.1, 0.15) is 23.2 Å². The molecular weight excluding hydrogens is 384 g/mol. The zero-order valence-electron chi connectivity index (χ0n) is 17.5. The van der Waals surface area contributed by atoms with Crippen LogP contribution in [0, 0.1) is 6.92 Å². The Morgan fingerprint density at radius 2 is 1.57 bits per heavy atom. The summed E-state index contributed by atoms with van der Waals surface area (Å²) < 4.78 is 5.45. The number of carbonyl (C=O) groups is 2. The van der Waals surface area contributed by atoms with Gasteiger partial charge in [0.25, 0.3) is 5.91 Å². The van der Waals surface area contributed by atoms with Crippen molar-refractivity contribution in [1.82, 2.24) is 24.7 Å². The smallest absolute Gasteiger partial charge is 0.289 e. The highest BCUT2D eigenvalue weighted by Crippen LogP contribution is 2.16. The second-order valence-corrected chi connectivity index (χ2v) is 7.78. The number of rotatable bonds is 4. The highest BCUT2D eigenvalue weighted by atomic mass is 16.3. The van der Waals surface area contributed by atoms with Crippen LogP contribution in [0.2, 0.25) is 0 Å². The Kier molecular flexibility index (Phi) is 5.98. The van der Waals surface area contributed by atoms with Gasteiger partial charge in [-0.1, -0.05) is 0 Å². The quantitative estimate of drug-likeness (QED) is 0.737. The van der Waals surface area contributed by atoms with Crippen LogP contribution in [0.15, 0.2) is 35.0 Å². The van der Waals surface area contributed by atoms with Crippen molar-refractivity contribution in [2.75, 3.05) is 57.3 Å². The topological polar surface area (TPSA) is 86.0 Å². The lowest BCUT2D eigenvalue weighted by Crippen LogP contribution is -2.58. The maximum Gasteiger partial charge on any atom is 0.289 e. The van der Waals surface area contributed by atoms with E-state index in [9.17, 15) is 9.59 Å². The van der Waals surface area contributed by atoms with Crippen LogP contribution in [0.25, 0.3) is 0 Å².